The highest BCUT2D eigenvalue weighted by Crippen LogP contribution is 2.25. The molecule has 0 N–H and O–H groups in total. The summed E-state index contributed by atoms with van der Waals surface area (Å²) in [4.78, 5) is 11.1. The molecule has 88 valence electrons. The van der Waals surface area contributed by atoms with Crippen molar-refractivity contribution in [1.29, 1.82) is 0 Å². The molecule has 0 aromatic heterocycles. The predicted octanol–water partition coefficient (Wildman–Crippen LogP) is 3.82. The predicted molar refractivity (Wildman–Crippen MR) is 85.8 cm³/mol. The van der Waals surface area contributed by atoms with Gasteiger partial charge in [-0.2, -0.15) is 0 Å². The summed E-state index contributed by atoms with van der Waals surface area (Å²) in [6.07, 6.45) is 1.20. The van der Waals surface area contributed by atoms with Gasteiger partial charge in [-0.25, -0.2) is 0 Å². The number of carbonyl (C=O) groups excluding carboxylic acids is 1. The summed E-state index contributed by atoms with van der Waals surface area (Å²) in [7, 11) is 0. The molecule has 0 unspecified atom stereocenters. The fourth-order valence-corrected chi connectivity index (χ4v) is 1.19. The number of hydrogen-bond donors (Lipinski definition) is 0. The smallest absolute Gasteiger partial charge is 0.308 e. The molecule has 0 heterocycles. The number of hydrogen-bond acceptors (Lipinski definition) is 3. The third-order valence-corrected chi connectivity index (χ3v) is 5.57. The van der Waals surface area contributed by atoms with Gasteiger partial charge in [-0.05, 0) is 74.2 Å². The fourth-order valence-electron chi connectivity index (χ4n) is 0.660. The van der Waals surface area contributed by atoms with E-state index < -0.39 is 0 Å². The Kier molecular flexibility index (Phi) is 11.5. The van der Waals surface area contributed by atoms with Crippen molar-refractivity contribution in [1.82, 2.24) is 0 Å². The third kappa shape index (κ3) is 10.2. The van der Waals surface area contributed by atoms with Crippen molar-refractivity contribution in [3.8, 4) is 0 Å². The summed E-state index contributed by atoms with van der Waals surface area (Å²) in [5.74, 6) is -0.181. The number of esters is 1. The minimum absolute atomic E-state index is 0.181. The maximum Gasteiger partial charge on any atom is 0.308 e. The van der Waals surface area contributed by atoms with Gasteiger partial charge in [-0.15, -0.1) is 0 Å². The van der Waals surface area contributed by atoms with E-state index >= 15 is 0 Å². The molecule has 0 aliphatic carbocycles. The second-order valence-corrected chi connectivity index (χ2v) is 8.21. The fraction of sp³-hybridized carbons (Fsp3) is 0.667. The van der Waals surface area contributed by atoms with Gasteiger partial charge in [0.25, 0.3) is 0 Å². The Hall–Kier alpha value is 1.36. The average Bonchev–Trinajstić information content (AvgIpc) is 2.20. The van der Waals surface area contributed by atoms with Crippen LogP contribution in [0.25, 0.3) is 0 Å². The lowest BCUT2D eigenvalue weighted by molar-refractivity contribution is -0.144. The van der Waals surface area contributed by atoms with E-state index in [9.17, 15) is 4.79 Å². The van der Waals surface area contributed by atoms with Crippen LogP contribution in [0.4, 0.5) is 0 Å². The third-order valence-electron chi connectivity index (χ3n) is 1.35. The highest BCUT2D eigenvalue weighted by molar-refractivity contribution is 14.2. The van der Waals surface area contributed by atoms with Gasteiger partial charge in [0.1, 0.15) is 0 Å². The molecule has 0 atom stereocenters. The van der Waals surface area contributed by atoms with E-state index in [0.29, 0.717) is 26.2 Å². The molecule has 0 bridgehead atoms. The molecule has 0 amide bonds. The van der Waals surface area contributed by atoms with Gasteiger partial charge in [0.15, 0.2) is 0 Å². The van der Waals surface area contributed by atoms with Crippen LogP contribution in [0, 0.1) is 0 Å². The summed E-state index contributed by atoms with van der Waals surface area (Å²) < 4.78 is 12.6. The van der Waals surface area contributed by atoms with Crippen LogP contribution in [0.3, 0.4) is 0 Å². The molecule has 15 heavy (non-hydrogen) atoms. The van der Waals surface area contributed by atoms with Crippen LogP contribution in [0.1, 0.15) is 19.8 Å². The van der Waals surface area contributed by atoms with E-state index in [0.717, 1.165) is 10.0 Å². The SMILES string of the molecule is CCCOC(=O)CCOCC(I)=C(I)I. The Labute approximate surface area is 131 Å². The van der Waals surface area contributed by atoms with Crippen molar-refractivity contribution >= 4 is 73.7 Å². The minimum Gasteiger partial charge on any atom is -0.466 e. The first-order chi connectivity index (χ1) is 7.07. The van der Waals surface area contributed by atoms with Gasteiger partial charge < -0.3 is 9.47 Å². The largest absolute Gasteiger partial charge is 0.466 e. The number of ether oxygens (including phenoxy) is 2. The molecule has 6 heteroatoms. The van der Waals surface area contributed by atoms with Crippen LogP contribution in [0.5, 0.6) is 0 Å². The molecular weight excluding hydrogens is 537 g/mol. The Morgan fingerprint density at radius 2 is 1.87 bits per heavy atom. The summed E-state index contributed by atoms with van der Waals surface area (Å²) in [5, 5.41) is 0. The van der Waals surface area contributed by atoms with E-state index in [2.05, 4.69) is 67.8 Å². The van der Waals surface area contributed by atoms with Crippen molar-refractivity contribution in [3.05, 3.63) is 5.17 Å². The molecular formula is C9H13I3O3. The van der Waals surface area contributed by atoms with Crippen LogP contribution in [-0.4, -0.2) is 25.8 Å². The summed E-state index contributed by atoms with van der Waals surface area (Å²) in [5.41, 5.74) is 0. The van der Waals surface area contributed by atoms with E-state index in [4.69, 9.17) is 9.47 Å². The summed E-state index contributed by atoms with van der Waals surface area (Å²) in [6, 6.07) is 0. The van der Waals surface area contributed by atoms with Gasteiger partial charge in [-0.1, -0.05) is 6.92 Å². The molecule has 0 saturated heterocycles. The maximum absolute atomic E-state index is 11.1. The van der Waals surface area contributed by atoms with Crippen LogP contribution < -0.4 is 0 Å². The zero-order valence-electron chi connectivity index (χ0n) is 8.39. The molecule has 0 radical (unpaired) electrons. The molecule has 0 spiro atoms. The molecule has 0 fully saturated rings. The van der Waals surface area contributed by atoms with Gasteiger partial charge in [0.2, 0.25) is 0 Å². The Balaban J connectivity index is 3.47. The monoisotopic (exact) mass is 550 g/mol. The van der Waals surface area contributed by atoms with Crippen molar-refractivity contribution in [2.75, 3.05) is 19.8 Å². The highest BCUT2D eigenvalue weighted by atomic mass is 127. The zero-order valence-corrected chi connectivity index (χ0v) is 14.9. The van der Waals surface area contributed by atoms with Gasteiger partial charge in [-0.3, -0.25) is 4.79 Å². The van der Waals surface area contributed by atoms with Crippen LogP contribution in [0.2, 0.25) is 0 Å². The zero-order chi connectivity index (χ0) is 11.7. The van der Waals surface area contributed by atoms with Gasteiger partial charge >= 0.3 is 5.97 Å². The lowest BCUT2D eigenvalue weighted by Gasteiger charge is -2.04. The van der Waals surface area contributed by atoms with Crippen LogP contribution in [-0.2, 0) is 14.3 Å². The second-order valence-electron chi connectivity index (χ2n) is 2.69. The molecule has 0 saturated carbocycles. The standard InChI is InChI=1S/C9H13I3O3/c1-2-4-15-8(13)3-5-14-6-7(10)9(11)12/h2-6H2,1H3. The van der Waals surface area contributed by atoms with Crippen molar-refractivity contribution < 1.29 is 14.3 Å². The summed E-state index contributed by atoms with van der Waals surface area (Å²) in [6.45, 7) is 3.47. The number of rotatable bonds is 7. The molecule has 0 rings (SSSR count). The molecule has 0 aliphatic heterocycles. The van der Waals surface area contributed by atoms with E-state index in [1.807, 2.05) is 6.92 Å². The first-order valence-corrected chi connectivity index (χ1v) is 7.74. The highest BCUT2D eigenvalue weighted by Gasteiger charge is 2.03. The van der Waals surface area contributed by atoms with Crippen molar-refractivity contribution in [2.45, 2.75) is 19.8 Å². The lowest BCUT2D eigenvalue weighted by atomic mass is 10.4. The Bertz CT molecular complexity index is 225. The van der Waals surface area contributed by atoms with Crippen molar-refractivity contribution in [3.63, 3.8) is 0 Å². The first kappa shape index (κ1) is 16.4. The lowest BCUT2D eigenvalue weighted by Crippen LogP contribution is -2.09. The normalized spacial score (nSPS) is 9.87. The Morgan fingerprint density at radius 3 is 2.40 bits per heavy atom. The average molecular weight is 550 g/mol. The molecule has 0 aromatic rings. The maximum atomic E-state index is 11.1. The molecule has 0 aromatic carbocycles. The van der Waals surface area contributed by atoms with Crippen molar-refractivity contribution in [2.24, 2.45) is 0 Å². The number of halogens is 3. The van der Waals surface area contributed by atoms with E-state index in [1.165, 1.54) is 1.59 Å². The Morgan fingerprint density at radius 1 is 1.20 bits per heavy atom. The van der Waals surface area contributed by atoms with Crippen LogP contribution >= 0.6 is 67.8 Å². The van der Waals surface area contributed by atoms with Gasteiger partial charge in [0.05, 0.1) is 27.8 Å². The molecule has 3 nitrogen and oxygen atoms in total. The van der Waals surface area contributed by atoms with Gasteiger partial charge in [0, 0.05) is 3.58 Å². The first-order valence-electron chi connectivity index (χ1n) is 4.51. The number of carbonyl (C=O) groups is 1. The topological polar surface area (TPSA) is 35.5 Å². The van der Waals surface area contributed by atoms with Crippen LogP contribution in [0.15, 0.2) is 5.17 Å². The van der Waals surface area contributed by atoms with E-state index in [-0.39, 0.29) is 5.97 Å². The van der Waals surface area contributed by atoms with E-state index in [1.54, 1.807) is 0 Å². The summed E-state index contributed by atoms with van der Waals surface area (Å²) >= 11 is 6.71. The quantitative estimate of drug-likeness (QED) is 0.275. The second kappa shape index (κ2) is 10.5. The molecule has 0 aliphatic rings. The minimum atomic E-state index is -0.181.